The van der Waals surface area contributed by atoms with Crippen LogP contribution < -0.4 is 10.2 Å². The lowest BCUT2D eigenvalue weighted by atomic mass is 10.3. The number of carbonyl (C=O) groups is 1. The van der Waals surface area contributed by atoms with Crippen molar-refractivity contribution in [3.8, 4) is 0 Å². The van der Waals surface area contributed by atoms with Crippen LogP contribution in [0.25, 0.3) is 0 Å². The first kappa shape index (κ1) is 16.3. The fraction of sp³-hybridized carbons (Fsp3) is 0.353. The number of aromatic nitrogens is 2. The first-order valence-corrected chi connectivity index (χ1v) is 7.91. The second kappa shape index (κ2) is 7.35. The Labute approximate surface area is 140 Å². The van der Waals surface area contributed by atoms with Crippen molar-refractivity contribution in [2.45, 2.75) is 6.92 Å². The molecule has 0 radical (unpaired) electrons. The van der Waals surface area contributed by atoms with Crippen molar-refractivity contribution in [1.29, 1.82) is 0 Å². The first-order chi connectivity index (χ1) is 11.6. The largest absolute Gasteiger partial charge is 0.354 e. The fourth-order valence-electron chi connectivity index (χ4n) is 2.62. The second-order valence-electron chi connectivity index (χ2n) is 5.87. The molecule has 0 saturated carbocycles. The van der Waals surface area contributed by atoms with Crippen LogP contribution in [0.15, 0.2) is 36.7 Å². The summed E-state index contributed by atoms with van der Waals surface area (Å²) in [5.41, 5.74) is 1.05. The van der Waals surface area contributed by atoms with Gasteiger partial charge in [0.15, 0.2) is 0 Å². The molecule has 0 aliphatic carbocycles. The quantitative estimate of drug-likeness (QED) is 0.925. The molecule has 1 aliphatic rings. The van der Waals surface area contributed by atoms with Gasteiger partial charge in [0.1, 0.15) is 17.5 Å². The number of carbonyl (C=O) groups excluding carboxylic acids is 1. The summed E-state index contributed by atoms with van der Waals surface area (Å²) in [7, 11) is 0. The van der Waals surface area contributed by atoms with E-state index in [-0.39, 0.29) is 11.7 Å². The Morgan fingerprint density at radius 2 is 1.92 bits per heavy atom. The van der Waals surface area contributed by atoms with Crippen molar-refractivity contribution in [2.24, 2.45) is 0 Å². The summed E-state index contributed by atoms with van der Waals surface area (Å²) in [6, 6.07) is 6.81. The fourth-order valence-corrected chi connectivity index (χ4v) is 2.62. The number of aryl methyl sites for hydroxylation is 1. The number of anilines is 2. The zero-order valence-corrected chi connectivity index (χ0v) is 13.6. The lowest BCUT2D eigenvalue weighted by Gasteiger charge is -2.34. The standard InChI is InChI=1S/C17H20FN5O/c1-13-2-4-15(19-10-13)21-17(24)12-22-6-8-23(9-7-22)16-5-3-14(18)11-20-16/h2-5,10-11H,6-9,12H2,1H3,(H,19,21,24). The zero-order valence-electron chi connectivity index (χ0n) is 13.6. The Morgan fingerprint density at radius 3 is 2.54 bits per heavy atom. The average Bonchev–Trinajstić information content (AvgIpc) is 2.58. The number of hydrogen-bond donors (Lipinski definition) is 1. The normalized spacial score (nSPS) is 15.3. The highest BCUT2D eigenvalue weighted by Gasteiger charge is 2.20. The van der Waals surface area contributed by atoms with Crippen LogP contribution in [0, 0.1) is 12.7 Å². The minimum atomic E-state index is -0.334. The van der Waals surface area contributed by atoms with Gasteiger partial charge in [-0.25, -0.2) is 14.4 Å². The highest BCUT2D eigenvalue weighted by atomic mass is 19.1. The molecule has 0 aromatic carbocycles. The number of rotatable bonds is 4. The third-order valence-corrected chi connectivity index (χ3v) is 3.95. The van der Waals surface area contributed by atoms with Gasteiger partial charge < -0.3 is 10.2 Å². The van der Waals surface area contributed by atoms with Crippen LogP contribution in [-0.4, -0.2) is 53.5 Å². The number of nitrogens with zero attached hydrogens (tertiary/aromatic N) is 4. The molecule has 0 spiro atoms. The number of nitrogens with one attached hydrogen (secondary N) is 1. The number of halogens is 1. The minimum absolute atomic E-state index is 0.0697. The molecular weight excluding hydrogens is 309 g/mol. The monoisotopic (exact) mass is 329 g/mol. The maximum absolute atomic E-state index is 12.9. The molecule has 2 aromatic heterocycles. The number of pyridine rings is 2. The van der Waals surface area contributed by atoms with Crippen LogP contribution in [0.4, 0.5) is 16.0 Å². The van der Waals surface area contributed by atoms with E-state index in [0.717, 1.165) is 37.6 Å². The number of amides is 1. The molecule has 0 atom stereocenters. The molecule has 1 aliphatic heterocycles. The number of piperazine rings is 1. The van der Waals surface area contributed by atoms with E-state index in [1.807, 2.05) is 13.0 Å². The summed E-state index contributed by atoms with van der Waals surface area (Å²) < 4.78 is 12.9. The average molecular weight is 329 g/mol. The van der Waals surface area contributed by atoms with Gasteiger partial charge in [-0.1, -0.05) is 6.07 Å². The highest BCUT2D eigenvalue weighted by molar-refractivity contribution is 5.91. The van der Waals surface area contributed by atoms with Gasteiger partial charge in [0, 0.05) is 32.4 Å². The van der Waals surface area contributed by atoms with Crippen LogP contribution in [0.5, 0.6) is 0 Å². The Kier molecular flexibility index (Phi) is 5.00. The Balaban J connectivity index is 1.47. The molecular formula is C17H20FN5O. The Morgan fingerprint density at radius 1 is 1.12 bits per heavy atom. The van der Waals surface area contributed by atoms with Crippen molar-refractivity contribution in [3.05, 3.63) is 48.0 Å². The van der Waals surface area contributed by atoms with E-state index in [1.54, 1.807) is 18.3 Å². The SMILES string of the molecule is Cc1ccc(NC(=O)CN2CCN(c3ccc(F)cn3)CC2)nc1. The van der Waals surface area contributed by atoms with Crippen molar-refractivity contribution >= 4 is 17.5 Å². The molecule has 1 amide bonds. The van der Waals surface area contributed by atoms with Gasteiger partial charge in [0.2, 0.25) is 5.91 Å². The molecule has 3 rings (SSSR count). The van der Waals surface area contributed by atoms with Gasteiger partial charge in [-0.3, -0.25) is 9.69 Å². The Bertz CT molecular complexity index is 681. The topological polar surface area (TPSA) is 61.4 Å². The first-order valence-electron chi connectivity index (χ1n) is 7.91. The van der Waals surface area contributed by atoms with Crippen LogP contribution in [0.1, 0.15) is 5.56 Å². The van der Waals surface area contributed by atoms with E-state index in [0.29, 0.717) is 12.4 Å². The van der Waals surface area contributed by atoms with E-state index in [1.165, 1.54) is 12.3 Å². The van der Waals surface area contributed by atoms with Crippen LogP contribution in [-0.2, 0) is 4.79 Å². The lowest BCUT2D eigenvalue weighted by molar-refractivity contribution is -0.117. The van der Waals surface area contributed by atoms with Crippen LogP contribution in [0.2, 0.25) is 0 Å². The van der Waals surface area contributed by atoms with Gasteiger partial charge in [-0.2, -0.15) is 0 Å². The lowest BCUT2D eigenvalue weighted by Crippen LogP contribution is -2.49. The van der Waals surface area contributed by atoms with Crippen molar-refractivity contribution in [3.63, 3.8) is 0 Å². The van der Waals surface area contributed by atoms with Crippen molar-refractivity contribution in [2.75, 3.05) is 42.9 Å². The molecule has 3 heterocycles. The van der Waals surface area contributed by atoms with Crippen LogP contribution in [0.3, 0.4) is 0 Å². The maximum Gasteiger partial charge on any atom is 0.239 e. The molecule has 1 fully saturated rings. The molecule has 126 valence electrons. The summed E-state index contributed by atoms with van der Waals surface area (Å²) in [6.45, 7) is 5.32. The molecule has 1 N–H and O–H groups in total. The summed E-state index contributed by atoms with van der Waals surface area (Å²) in [5.74, 6) is 0.933. The summed E-state index contributed by atoms with van der Waals surface area (Å²) in [5, 5.41) is 2.81. The van der Waals surface area contributed by atoms with Crippen molar-refractivity contribution in [1.82, 2.24) is 14.9 Å². The smallest absolute Gasteiger partial charge is 0.239 e. The zero-order chi connectivity index (χ0) is 16.9. The van der Waals surface area contributed by atoms with Gasteiger partial charge in [-0.15, -0.1) is 0 Å². The summed E-state index contributed by atoms with van der Waals surface area (Å²) >= 11 is 0. The maximum atomic E-state index is 12.9. The molecule has 1 saturated heterocycles. The van der Waals surface area contributed by atoms with E-state index < -0.39 is 0 Å². The Hall–Kier alpha value is -2.54. The van der Waals surface area contributed by atoms with E-state index >= 15 is 0 Å². The second-order valence-corrected chi connectivity index (χ2v) is 5.87. The van der Waals surface area contributed by atoms with E-state index in [4.69, 9.17) is 0 Å². The predicted octanol–water partition coefficient (Wildman–Crippen LogP) is 1.68. The van der Waals surface area contributed by atoms with Crippen molar-refractivity contribution < 1.29 is 9.18 Å². The van der Waals surface area contributed by atoms with E-state index in [2.05, 4.69) is 25.1 Å². The number of hydrogen-bond acceptors (Lipinski definition) is 5. The van der Waals surface area contributed by atoms with E-state index in [9.17, 15) is 9.18 Å². The third-order valence-electron chi connectivity index (χ3n) is 3.95. The predicted molar refractivity (Wildman–Crippen MR) is 90.5 cm³/mol. The molecule has 24 heavy (non-hydrogen) atoms. The van der Waals surface area contributed by atoms with Gasteiger partial charge in [0.05, 0.1) is 12.7 Å². The summed E-state index contributed by atoms with van der Waals surface area (Å²) in [6.07, 6.45) is 2.95. The molecule has 2 aromatic rings. The summed E-state index contributed by atoms with van der Waals surface area (Å²) in [4.78, 5) is 24.5. The minimum Gasteiger partial charge on any atom is -0.354 e. The van der Waals surface area contributed by atoms with Gasteiger partial charge >= 0.3 is 0 Å². The molecule has 7 heteroatoms. The molecule has 6 nitrogen and oxygen atoms in total. The van der Waals surface area contributed by atoms with Crippen LogP contribution >= 0.6 is 0 Å². The molecule has 0 unspecified atom stereocenters. The van der Waals surface area contributed by atoms with Gasteiger partial charge in [0.25, 0.3) is 0 Å². The third kappa shape index (κ3) is 4.26. The van der Waals surface area contributed by atoms with Gasteiger partial charge in [-0.05, 0) is 30.7 Å². The highest BCUT2D eigenvalue weighted by Crippen LogP contribution is 2.13. The molecule has 0 bridgehead atoms.